The number of furan rings is 2. The van der Waals surface area contributed by atoms with Crippen LogP contribution in [0, 0.1) is 0 Å². The maximum atomic E-state index is 7.17. The second-order valence-electron chi connectivity index (χ2n) is 13.1. The van der Waals surface area contributed by atoms with Crippen LogP contribution in [0.2, 0.25) is 0 Å². The van der Waals surface area contributed by atoms with E-state index in [4.69, 9.17) is 8.83 Å². The highest BCUT2D eigenvalue weighted by Gasteiger charge is 2.23. The molecule has 2 heteroatoms. The fourth-order valence-electron chi connectivity index (χ4n) is 8.42. The fraction of sp³-hybridized carbons (Fsp3) is 0. The Bertz CT molecular complexity index is 3090. The van der Waals surface area contributed by atoms with Crippen molar-refractivity contribution in [1.29, 1.82) is 0 Å². The lowest BCUT2D eigenvalue weighted by molar-refractivity contribution is 0.616. The van der Waals surface area contributed by atoms with Crippen LogP contribution in [0.4, 0.5) is 0 Å². The highest BCUT2D eigenvalue weighted by atomic mass is 16.3. The van der Waals surface area contributed by atoms with Crippen LogP contribution in [0.25, 0.3) is 109 Å². The summed E-state index contributed by atoms with van der Waals surface area (Å²) in [6, 6.07) is 58.9. The lowest BCUT2D eigenvalue weighted by Crippen LogP contribution is -1.91. The van der Waals surface area contributed by atoms with Gasteiger partial charge in [0.05, 0.1) is 6.26 Å². The Morgan fingerprint density at radius 1 is 0.320 bits per heavy atom. The maximum Gasteiger partial charge on any atom is 0.143 e. The average molecular weight is 637 g/mol. The Morgan fingerprint density at radius 2 is 0.860 bits per heavy atom. The second-order valence-corrected chi connectivity index (χ2v) is 13.1. The van der Waals surface area contributed by atoms with Gasteiger partial charge in [-0.15, -0.1) is 0 Å². The second kappa shape index (κ2) is 10.4. The predicted octanol–water partition coefficient (Wildman–Crippen LogP) is 13.9. The van der Waals surface area contributed by atoms with Gasteiger partial charge in [-0.25, -0.2) is 0 Å². The third-order valence-corrected chi connectivity index (χ3v) is 10.5. The highest BCUT2D eigenvalue weighted by molar-refractivity contribution is 6.28. The first-order chi connectivity index (χ1) is 24.8. The summed E-state index contributed by atoms with van der Waals surface area (Å²) in [5, 5.41) is 12.9. The van der Waals surface area contributed by atoms with Crippen molar-refractivity contribution in [3.8, 4) is 33.4 Å². The van der Waals surface area contributed by atoms with Crippen molar-refractivity contribution in [1.82, 2.24) is 0 Å². The number of fused-ring (bicyclic) bond motifs is 9. The van der Waals surface area contributed by atoms with E-state index in [9.17, 15) is 0 Å². The molecule has 0 aliphatic carbocycles. The Labute approximate surface area is 287 Å². The quantitative estimate of drug-likeness (QED) is 0.180. The number of rotatable bonds is 3. The highest BCUT2D eigenvalue weighted by Crippen LogP contribution is 2.49. The summed E-state index contributed by atoms with van der Waals surface area (Å²) in [6.45, 7) is 0. The maximum absolute atomic E-state index is 7.17. The molecule has 0 aliphatic rings. The number of hydrogen-bond acceptors (Lipinski definition) is 2. The van der Waals surface area contributed by atoms with Gasteiger partial charge in [-0.05, 0) is 78.2 Å². The molecule has 0 fully saturated rings. The Balaban J connectivity index is 1.29. The van der Waals surface area contributed by atoms with E-state index in [1.807, 2.05) is 6.07 Å². The number of para-hydroxylation sites is 1. The lowest BCUT2D eigenvalue weighted by Gasteiger charge is -2.18. The zero-order valence-corrected chi connectivity index (χ0v) is 27.0. The molecule has 0 atom stereocenters. The molecule has 0 bridgehead atoms. The predicted molar refractivity (Wildman–Crippen MR) is 210 cm³/mol. The standard InChI is InChI=1S/C48H28O2/c1-3-15-31-29(12-1)14-9-21-33(31)42-28-30-13-2-4-16-32(30)48-46(42)41-24-10-23-40(47(41)50-48)45-38-19-7-5-17-36(38)44(37-18-6-8-20-39(37)45)35-22-11-25-43-34(35)26-27-49-43/h1-28H. The smallest absolute Gasteiger partial charge is 0.143 e. The van der Waals surface area contributed by atoms with Crippen LogP contribution in [0.5, 0.6) is 0 Å². The van der Waals surface area contributed by atoms with Crippen molar-refractivity contribution in [2.45, 2.75) is 0 Å². The molecule has 2 heterocycles. The molecule has 0 aliphatic heterocycles. The first-order valence-electron chi connectivity index (χ1n) is 17.1. The molecule has 0 N–H and O–H groups in total. The van der Waals surface area contributed by atoms with Crippen molar-refractivity contribution in [3.05, 3.63) is 170 Å². The minimum Gasteiger partial charge on any atom is -0.464 e. The number of hydrogen-bond donors (Lipinski definition) is 0. The molecule has 0 spiro atoms. The van der Waals surface area contributed by atoms with E-state index < -0.39 is 0 Å². The van der Waals surface area contributed by atoms with E-state index in [0.717, 1.165) is 49.2 Å². The van der Waals surface area contributed by atoms with E-state index in [1.165, 1.54) is 60.1 Å². The van der Waals surface area contributed by atoms with Gasteiger partial charge in [0.25, 0.3) is 0 Å². The third-order valence-electron chi connectivity index (χ3n) is 10.5. The van der Waals surface area contributed by atoms with E-state index in [-0.39, 0.29) is 0 Å². The van der Waals surface area contributed by atoms with Crippen LogP contribution in [0.15, 0.2) is 179 Å². The Hall–Kier alpha value is -6.64. The minimum absolute atomic E-state index is 0.890. The molecule has 11 rings (SSSR count). The lowest BCUT2D eigenvalue weighted by atomic mass is 9.85. The van der Waals surface area contributed by atoms with E-state index >= 15 is 0 Å². The molecule has 0 radical (unpaired) electrons. The first-order valence-corrected chi connectivity index (χ1v) is 17.1. The van der Waals surface area contributed by atoms with Crippen LogP contribution in [0.3, 0.4) is 0 Å². The van der Waals surface area contributed by atoms with Crippen molar-refractivity contribution < 1.29 is 8.83 Å². The molecule has 0 saturated carbocycles. The molecule has 50 heavy (non-hydrogen) atoms. The van der Waals surface area contributed by atoms with Crippen LogP contribution >= 0.6 is 0 Å². The van der Waals surface area contributed by atoms with Crippen LogP contribution in [-0.2, 0) is 0 Å². The molecule has 232 valence electrons. The number of benzene rings is 9. The van der Waals surface area contributed by atoms with Crippen LogP contribution in [0.1, 0.15) is 0 Å². The van der Waals surface area contributed by atoms with Gasteiger partial charge < -0.3 is 8.83 Å². The Kier molecular flexibility index (Phi) is 5.70. The van der Waals surface area contributed by atoms with Crippen molar-refractivity contribution in [2.24, 2.45) is 0 Å². The van der Waals surface area contributed by atoms with E-state index in [0.29, 0.717) is 0 Å². The molecule has 9 aromatic carbocycles. The summed E-state index contributed by atoms with van der Waals surface area (Å²) in [7, 11) is 0. The molecular weight excluding hydrogens is 609 g/mol. The van der Waals surface area contributed by atoms with Gasteiger partial charge in [0.2, 0.25) is 0 Å². The van der Waals surface area contributed by atoms with Gasteiger partial charge in [-0.2, -0.15) is 0 Å². The third kappa shape index (κ3) is 3.79. The summed E-state index contributed by atoms with van der Waals surface area (Å²) in [4.78, 5) is 0. The molecule has 0 amide bonds. The summed E-state index contributed by atoms with van der Waals surface area (Å²) in [6.07, 6.45) is 1.78. The van der Waals surface area contributed by atoms with E-state index in [2.05, 4.69) is 158 Å². The molecule has 11 aromatic rings. The van der Waals surface area contributed by atoms with Gasteiger partial charge in [-0.3, -0.25) is 0 Å². The van der Waals surface area contributed by atoms with Gasteiger partial charge >= 0.3 is 0 Å². The first kappa shape index (κ1) is 27.3. The minimum atomic E-state index is 0.890. The zero-order chi connectivity index (χ0) is 32.8. The van der Waals surface area contributed by atoms with Gasteiger partial charge in [0.1, 0.15) is 16.7 Å². The SMILES string of the molecule is c1ccc2c(-c3cc4ccccc4c4oc5c(-c6c7ccccc7c(-c7cccc8occc78)c7ccccc67)cccc5c34)cccc2c1. The fourth-order valence-corrected chi connectivity index (χ4v) is 8.42. The monoisotopic (exact) mass is 636 g/mol. The largest absolute Gasteiger partial charge is 0.464 e. The van der Waals surface area contributed by atoms with Gasteiger partial charge in [-0.1, -0.05) is 146 Å². The van der Waals surface area contributed by atoms with Gasteiger partial charge in [0.15, 0.2) is 0 Å². The molecule has 0 saturated heterocycles. The summed E-state index contributed by atoms with van der Waals surface area (Å²) >= 11 is 0. The van der Waals surface area contributed by atoms with Crippen molar-refractivity contribution in [2.75, 3.05) is 0 Å². The Morgan fingerprint density at radius 3 is 1.62 bits per heavy atom. The average Bonchev–Trinajstić information content (AvgIpc) is 3.83. The summed E-state index contributed by atoms with van der Waals surface area (Å²) < 4.78 is 13.0. The van der Waals surface area contributed by atoms with Crippen molar-refractivity contribution >= 4 is 76.0 Å². The molecule has 2 nitrogen and oxygen atoms in total. The zero-order valence-electron chi connectivity index (χ0n) is 27.0. The van der Waals surface area contributed by atoms with Crippen molar-refractivity contribution in [3.63, 3.8) is 0 Å². The normalized spacial score (nSPS) is 12.0. The molecular formula is C48H28O2. The summed E-state index contributed by atoms with van der Waals surface area (Å²) in [5.74, 6) is 0. The molecule has 0 unspecified atom stereocenters. The van der Waals surface area contributed by atoms with Gasteiger partial charge in [0, 0.05) is 32.7 Å². The van der Waals surface area contributed by atoms with E-state index in [1.54, 1.807) is 6.26 Å². The topological polar surface area (TPSA) is 26.3 Å². The molecule has 2 aromatic heterocycles. The summed E-state index contributed by atoms with van der Waals surface area (Å²) in [5.41, 5.74) is 9.76. The van der Waals surface area contributed by atoms with Crippen LogP contribution in [-0.4, -0.2) is 0 Å². The van der Waals surface area contributed by atoms with Crippen LogP contribution < -0.4 is 0 Å².